The third-order valence-electron chi connectivity index (χ3n) is 3.83. The monoisotopic (exact) mass is 357 g/mol. The number of hydrogen-bond donors (Lipinski definition) is 1. The van der Waals surface area contributed by atoms with E-state index >= 15 is 0 Å². The van der Waals surface area contributed by atoms with Crippen LogP contribution in [0.3, 0.4) is 0 Å². The molecule has 0 saturated heterocycles. The van der Waals surface area contributed by atoms with E-state index in [4.69, 9.17) is 0 Å². The van der Waals surface area contributed by atoms with Crippen LogP contribution in [-0.4, -0.2) is 6.54 Å². The van der Waals surface area contributed by atoms with Gasteiger partial charge >= 0.3 is 0 Å². The van der Waals surface area contributed by atoms with Gasteiger partial charge in [-0.05, 0) is 36.7 Å². The van der Waals surface area contributed by atoms with Crippen molar-refractivity contribution < 1.29 is 4.39 Å². The fourth-order valence-electron chi connectivity index (χ4n) is 2.71. The van der Waals surface area contributed by atoms with Gasteiger partial charge < -0.3 is 5.32 Å². The third kappa shape index (κ3) is 7.96. The van der Waals surface area contributed by atoms with E-state index in [1.165, 1.54) is 51.0 Å². The molecule has 0 bridgehead atoms. The van der Waals surface area contributed by atoms with Crippen molar-refractivity contribution in [1.82, 2.24) is 5.32 Å². The summed E-state index contributed by atoms with van der Waals surface area (Å²) in [7, 11) is 0. The highest BCUT2D eigenvalue weighted by molar-refractivity contribution is 9.10. The lowest BCUT2D eigenvalue weighted by Gasteiger charge is -2.19. The van der Waals surface area contributed by atoms with E-state index in [1.807, 2.05) is 6.07 Å². The Kier molecular flexibility index (Phi) is 9.94. The molecule has 1 N–H and O–H groups in total. The van der Waals surface area contributed by atoms with Crippen LogP contribution >= 0.6 is 15.9 Å². The van der Waals surface area contributed by atoms with E-state index in [0.717, 1.165) is 23.0 Å². The number of rotatable bonds is 11. The normalized spacial score (nSPS) is 12.6. The Morgan fingerprint density at radius 2 is 1.67 bits per heavy atom. The molecule has 0 amide bonds. The van der Waals surface area contributed by atoms with Gasteiger partial charge in [-0.1, -0.05) is 74.7 Å². The predicted octanol–water partition coefficient (Wildman–Crippen LogP) is 6.38. The lowest BCUT2D eigenvalue weighted by atomic mass is 9.99. The molecule has 1 aromatic rings. The first-order chi connectivity index (χ1) is 10.2. The van der Waals surface area contributed by atoms with Crippen LogP contribution in [0.25, 0.3) is 0 Å². The molecule has 3 heteroatoms. The topological polar surface area (TPSA) is 12.0 Å². The van der Waals surface area contributed by atoms with Crippen molar-refractivity contribution in [3.05, 3.63) is 34.1 Å². The molecule has 0 aliphatic rings. The summed E-state index contributed by atoms with van der Waals surface area (Å²) in [5.74, 6) is -0.165. The van der Waals surface area contributed by atoms with Crippen LogP contribution in [0, 0.1) is 5.82 Å². The molecule has 1 rings (SSSR count). The van der Waals surface area contributed by atoms with Crippen LogP contribution in [0.2, 0.25) is 0 Å². The van der Waals surface area contributed by atoms with Crippen LogP contribution < -0.4 is 5.32 Å². The minimum Gasteiger partial charge on any atom is -0.310 e. The van der Waals surface area contributed by atoms with Gasteiger partial charge in [0.05, 0.1) is 0 Å². The van der Waals surface area contributed by atoms with Crippen molar-refractivity contribution in [2.24, 2.45) is 0 Å². The van der Waals surface area contributed by atoms with Gasteiger partial charge in [-0.25, -0.2) is 4.39 Å². The van der Waals surface area contributed by atoms with Gasteiger partial charge in [-0.15, -0.1) is 0 Å². The van der Waals surface area contributed by atoms with Crippen molar-refractivity contribution in [3.63, 3.8) is 0 Å². The summed E-state index contributed by atoms with van der Waals surface area (Å²) in [5.41, 5.74) is 1.05. The second-order valence-corrected chi connectivity index (χ2v) is 6.64. The lowest BCUT2D eigenvalue weighted by Crippen LogP contribution is -2.21. The summed E-state index contributed by atoms with van der Waals surface area (Å²) in [5, 5.41) is 3.48. The maximum Gasteiger partial charge on any atom is 0.124 e. The Labute approximate surface area is 137 Å². The van der Waals surface area contributed by atoms with Crippen LogP contribution in [0.1, 0.15) is 76.8 Å². The van der Waals surface area contributed by atoms with Gasteiger partial charge in [0.2, 0.25) is 0 Å². The summed E-state index contributed by atoms with van der Waals surface area (Å²) in [6.07, 6.45) is 10.3. The van der Waals surface area contributed by atoms with Gasteiger partial charge in [0.1, 0.15) is 5.82 Å². The standard InChI is InChI=1S/C18H29BrFN/c1-3-5-6-7-8-9-10-11-18(21-4-2)15-12-16(19)14-17(20)13-15/h12-14,18,21H,3-11H2,1-2H3. The quantitative estimate of drug-likeness (QED) is 0.453. The highest BCUT2D eigenvalue weighted by Gasteiger charge is 2.11. The van der Waals surface area contributed by atoms with E-state index in [2.05, 4.69) is 35.1 Å². The average Bonchev–Trinajstić information content (AvgIpc) is 2.44. The molecule has 0 aromatic heterocycles. The zero-order valence-electron chi connectivity index (χ0n) is 13.4. The summed E-state index contributed by atoms with van der Waals surface area (Å²) in [6, 6.07) is 5.45. The smallest absolute Gasteiger partial charge is 0.124 e. The summed E-state index contributed by atoms with van der Waals surface area (Å²) in [4.78, 5) is 0. The number of unbranched alkanes of at least 4 members (excludes halogenated alkanes) is 6. The van der Waals surface area contributed by atoms with Gasteiger partial charge in [0.25, 0.3) is 0 Å². The van der Waals surface area contributed by atoms with Crippen molar-refractivity contribution in [2.75, 3.05) is 6.54 Å². The Morgan fingerprint density at radius 3 is 2.29 bits per heavy atom. The molecule has 0 fully saturated rings. The van der Waals surface area contributed by atoms with Gasteiger partial charge in [-0.2, -0.15) is 0 Å². The molecule has 0 aliphatic heterocycles. The summed E-state index contributed by atoms with van der Waals surface area (Å²) < 4.78 is 14.4. The van der Waals surface area contributed by atoms with Crippen molar-refractivity contribution in [3.8, 4) is 0 Å². The third-order valence-corrected chi connectivity index (χ3v) is 4.29. The summed E-state index contributed by atoms with van der Waals surface area (Å²) in [6.45, 7) is 5.26. The maximum absolute atomic E-state index is 13.5. The second kappa shape index (κ2) is 11.2. The largest absolute Gasteiger partial charge is 0.310 e. The molecule has 0 aliphatic carbocycles. The Hall–Kier alpha value is -0.410. The average molecular weight is 358 g/mol. The van der Waals surface area contributed by atoms with Gasteiger partial charge in [0.15, 0.2) is 0 Å². The van der Waals surface area contributed by atoms with Crippen molar-refractivity contribution >= 4 is 15.9 Å². The summed E-state index contributed by atoms with van der Waals surface area (Å²) >= 11 is 3.38. The first-order valence-corrected chi connectivity index (χ1v) is 9.16. The molecule has 1 unspecified atom stereocenters. The maximum atomic E-state index is 13.5. The second-order valence-electron chi connectivity index (χ2n) is 5.72. The van der Waals surface area contributed by atoms with E-state index in [1.54, 1.807) is 6.07 Å². The van der Waals surface area contributed by atoms with Gasteiger partial charge in [0, 0.05) is 10.5 Å². The number of benzene rings is 1. The Morgan fingerprint density at radius 1 is 1.00 bits per heavy atom. The molecule has 0 spiro atoms. The number of hydrogen-bond acceptors (Lipinski definition) is 1. The molecule has 1 atom stereocenters. The first kappa shape index (κ1) is 18.6. The van der Waals surface area contributed by atoms with E-state index in [0.29, 0.717) is 0 Å². The molecule has 1 aromatic carbocycles. The molecule has 21 heavy (non-hydrogen) atoms. The first-order valence-electron chi connectivity index (χ1n) is 8.36. The van der Waals surface area contributed by atoms with Crippen molar-refractivity contribution in [2.45, 2.75) is 71.3 Å². The minimum atomic E-state index is -0.165. The molecule has 0 radical (unpaired) electrons. The molecular weight excluding hydrogens is 329 g/mol. The SMILES string of the molecule is CCCCCCCCCC(NCC)c1cc(F)cc(Br)c1. The highest BCUT2D eigenvalue weighted by atomic mass is 79.9. The number of halogens is 2. The van der Waals surface area contributed by atoms with Crippen LogP contribution in [0.4, 0.5) is 4.39 Å². The molecule has 0 heterocycles. The zero-order valence-corrected chi connectivity index (χ0v) is 15.0. The van der Waals surface area contributed by atoms with Crippen molar-refractivity contribution in [1.29, 1.82) is 0 Å². The lowest BCUT2D eigenvalue weighted by molar-refractivity contribution is 0.473. The van der Waals surface area contributed by atoms with E-state index < -0.39 is 0 Å². The molecule has 0 saturated carbocycles. The Balaban J connectivity index is 2.39. The Bertz CT molecular complexity index is 375. The van der Waals surface area contributed by atoms with E-state index in [-0.39, 0.29) is 11.9 Å². The predicted molar refractivity (Wildman–Crippen MR) is 93.1 cm³/mol. The van der Waals surface area contributed by atoms with Gasteiger partial charge in [-0.3, -0.25) is 0 Å². The molecular formula is C18H29BrFN. The highest BCUT2D eigenvalue weighted by Crippen LogP contribution is 2.24. The fourth-order valence-corrected chi connectivity index (χ4v) is 3.20. The van der Waals surface area contributed by atoms with E-state index in [9.17, 15) is 4.39 Å². The zero-order chi connectivity index (χ0) is 15.5. The fraction of sp³-hybridized carbons (Fsp3) is 0.667. The minimum absolute atomic E-state index is 0.165. The van der Waals surface area contributed by atoms with Crippen LogP contribution in [0.15, 0.2) is 22.7 Å². The van der Waals surface area contributed by atoms with Crippen LogP contribution in [-0.2, 0) is 0 Å². The van der Waals surface area contributed by atoms with Crippen LogP contribution in [0.5, 0.6) is 0 Å². The number of nitrogens with one attached hydrogen (secondary N) is 1. The molecule has 1 nitrogen and oxygen atoms in total. The molecule has 120 valence electrons.